The average Bonchev–Trinajstić information content (AvgIpc) is 2.36. The molecular formula is C15H24BrNO. The van der Waals surface area contributed by atoms with E-state index in [4.69, 9.17) is 4.74 Å². The van der Waals surface area contributed by atoms with Gasteiger partial charge in [0.05, 0.1) is 7.11 Å². The van der Waals surface area contributed by atoms with Crippen LogP contribution in [0.1, 0.15) is 38.7 Å². The van der Waals surface area contributed by atoms with Gasteiger partial charge in [-0.3, -0.25) is 0 Å². The quantitative estimate of drug-likeness (QED) is 0.777. The second kappa shape index (κ2) is 8.54. The molecule has 2 nitrogen and oxygen atoms in total. The van der Waals surface area contributed by atoms with E-state index in [-0.39, 0.29) is 0 Å². The monoisotopic (exact) mass is 313 g/mol. The smallest absolute Gasteiger partial charge is 0.122 e. The molecule has 0 heterocycles. The highest BCUT2D eigenvalue weighted by molar-refractivity contribution is 9.10. The zero-order chi connectivity index (χ0) is 13.4. The summed E-state index contributed by atoms with van der Waals surface area (Å²) >= 11 is 3.51. The highest BCUT2D eigenvalue weighted by Crippen LogP contribution is 2.24. The molecule has 1 rings (SSSR count). The summed E-state index contributed by atoms with van der Waals surface area (Å²) in [4.78, 5) is 0. The summed E-state index contributed by atoms with van der Waals surface area (Å²) in [6.07, 6.45) is 4.66. The lowest BCUT2D eigenvalue weighted by atomic mass is 10.0. The standard InChI is InChI=1S/C15H24BrNO/c1-4-10-17-12(2)6-5-7-13-11-14(16)8-9-15(13)18-3/h8-9,11-12,17H,4-7,10H2,1-3H3. The Hall–Kier alpha value is -0.540. The summed E-state index contributed by atoms with van der Waals surface area (Å²) in [6, 6.07) is 6.80. The van der Waals surface area contributed by atoms with Crippen LogP contribution >= 0.6 is 15.9 Å². The van der Waals surface area contributed by atoms with Crippen LogP contribution in [0, 0.1) is 0 Å². The second-order valence-electron chi connectivity index (χ2n) is 4.70. The van der Waals surface area contributed by atoms with Crippen LogP contribution in [0.5, 0.6) is 5.75 Å². The molecule has 18 heavy (non-hydrogen) atoms. The molecule has 1 unspecified atom stereocenters. The molecule has 1 aromatic carbocycles. The van der Waals surface area contributed by atoms with Crippen LogP contribution in [0.4, 0.5) is 0 Å². The van der Waals surface area contributed by atoms with Gasteiger partial charge in [0.2, 0.25) is 0 Å². The van der Waals surface area contributed by atoms with Crippen LogP contribution in [0.2, 0.25) is 0 Å². The van der Waals surface area contributed by atoms with Gasteiger partial charge in [0.1, 0.15) is 5.75 Å². The number of aryl methyl sites for hydroxylation is 1. The molecule has 102 valence electrons. The van der Waals surface area contributed by atoms with Gasteiger partial charge in [-0.25, -0.2) is 0 Å². The van der Waals surface area contributed by atoms with Gasteiger partial charge < -0.3 is 10.1 Å². The van der Waals surface area contributed by atoms with Crippen molar-refractivity contribution in [2.24, 2.45) is 0 Å². The van der Waals surface area contributed by atoms with E-state index >= 15 is 0 Å². The lowest BCUT2D eigenvalue weighted by Gasteiger charge is -2.14. The Labute approximate surface area is 119 Å². The maximum absolute atomic E-state index is 5.39. The van der Waals surface area contributed by atoms with E-state index in [1.54, 1.807) is 7.11 Å². The Bertz CT molecular complexity index is 354. The number of methoxy groups -OCH3 is 1. The van der Waals surface area contributed by atoms with Gasteiger partial charge >= 0.3 is 0 Å². The molecule has 0 bridgehead atoms. The minimum Gasteiger partial charge on any atom is -0.496 e. The summed E-state index contributed by atoms with van der Waals surface area (Å²) in [5.41, 5.74) is 1.29. The van der Waals surface area contributed by atoms with Crippen molar-refractivity contribution in [3.05, 3.63) is 28.2 Å². The summed E-state index contributed by atoms with van der Waals surface area (Å²) in [5, 5.41) is 3.52. The number of benzene rings is 1. The molecule has 0 saturated heterocycles. The molecule has 3 heteroatoms. The number of nitrogens with one attached hydrogen (secondary N) is 1. The van der Waals surface area contributed by atoms with Gasteiger partial charge in [-0.2, -0.15) is 0 Å². The predicted octanol–water partition coefficient (Wildman–Crippen LogP) is 4.17. The van der Waals surface area contributed by atoms with E-state index in [9.17, 15) is 0 Å². The zero-order valence-electron chi connectivity index (χ0n) is 11.6. The molecule has 0 aromatic heterocycles. The first-order chi connectivity index (χ1) is 8.67. The number of halogens is 1. The van der Waals surface area contributed by atoms with Crippen LogP contribution in [0.3, 0.4) is 0 Å². The fourth-order valence-corrected chi connectivity index (χ4v) is 2.44. The van der Waals surface area contributed by atoms with Gasteiger partial charge in [0.25, 0.3) is 0 Å². The minimum atomic E-state index is 0.600. The second-order valence-corrected chi connectivity index (χ2v) is 5.62. The predicted molar refractivity (Wildman–Crippen MR) is 81.4 cm³/mol. The Kier molecular flexibility index (Phi) is 7.36. The summed E-state index contributed by atoms with van der Waals surface area (Å²) in [5.74, 6) is 0.993. The van der Waals surface area contributed by atoms with E-state index in [1.807, 2.05) is 12.1 Å². The van der Waals surface area contributed by atoms with E-state index in [1.165, 1.54) is 24.8 Å². The average molecular weight is 314 g/mol. The third-order valence-corrected chi connectivity index (χ3v) is 3.56. The third-order valence-electron chi connectivity index (χ3n) is 3.07. The van der Waals surface area contributed by atoms with Crippen molar-refractivity contribution >= 4 is 15.9 Å². The maximum atomic E-state index is 5.39. The van der Waals surface area contributed by atoms with Crippen LogP contribution in [0.15, 0.2) is 22.7 Å². The Morgan fingerprint density at radius 1 is 1.39 bits per heavy atom. The topological polar surface area (TPSA) is 21.3 Å². The Balaban J connectivity index is 2.40. The number of rotatable bonds is 8. The van der Waals surface area contributed by atoms with Crippen molar-refractivity contribution in [1.82, 2.24) is 5.32 Å². The van der Waals surface area contributed by atoms with Gasteiger partial charge in [-0.05, 0) is 62.9 Å². The molecule has 0 saturated carbocycles. The highest BCUT2D eigenvalue weighted by Gasteiger charge is 2.05. The normalized spacial score (nSPS) is 12.4. The molecule has 0 fully saturated rings. The molecule has 0 aliphatic rings. The molecule has 0 amide bonds. The third kappa shape index (κ3) is 5.40. The van der Waals surface area contributed by atoms with E-state index in [0.29, 0.717) is 6.04 Å². The maximum Gasteiger partial charge on any atom is 0.122 e. The highest BCUT2D eigenvalue weighted by atomic mass is 79.9. The van der Waals surface area contributed by atoms with Crippen molar-refractivity contribution in [2.45, 2.75) is 45.6 Å². The van der Waals surface area contributed by atoms with Gasteiger partial charge in [-0.1, -0.05) is 22.9 Å². The van der Waals surface area contributed by atoms with Crippen LogP contribution < -0.4 is 10.1 Å². The first-order valence-corrected chi connectivity index (χ1v) is 7.52. The van der Waals surface area contributed by atoms with Gasteiger partial charge in [-0.15, -0.1) is 0 Å². The lowest BCUT2D eigenvalue weighted by molar-refractivity contribution is 0.407. The van der Waals surface area contributed by atoms with Crippen LogP contribution in [0.25, 0.3) is 0 Å². The minimum absolute atomic E-state index is 0.600. The van der Waals surface area contributed by atoms with Crippen molar-refractivity contribution in [3.8, 4) is 5.75 Å². The van der Waals surface area contributed by atoms with Gasteiger partial charge in [0.15, 0.2) is 0 Å². The van der Waals surface area contributed by atoms with Gasteiger partial charge in [0, 0.05) is 10.5 Å². The molecule has 1 atom stereocenters. The Morgan fingerprint density at radius 3 is 2.83 bits per heavy atom. The number of hydrogen-bond donors (Lipinski definition) is 1. The van der Waals surface area contributed by atoms with Crippen molar-refractivity contribution in [2.75, 3.05) is 13.7 Å². The SMILES string of the molecule is CCCNC(C)CCCc1cc(Br)ccc1OC. The Morgan fingerprint density at radius 2 is 2.17 bits per heavy atom. The summed E-state index contributed by atoms with van der Waals surface area (Å²) in [7, 11) is 1.73. The fourth-order valence-electron chi connectivity index (χ4n) is 2.03. The summed E-state index contributed by atoms with van der Waals surface area (Å²) < 4.78 is 6.51. The molecule has 0 aliphatic carbocycles. The van der Waals surface area contributed by atoms with Crippen molar-refractivity contribution in [1.29, 1.82) is 0 Å². The van der Waals surface area contributed by atoms with Crippen molar-refractivity contribution < 1.29 is 4.74 Å². The number of hydrogen-bond acceptors (Lipinski definition) is 2. The number of ether oxygens (including phenoxy) is 1. The molecule has 1 aromatic rings. The molecule has 0 spiro atoms. The first-order valence-electron chi connectivity index (χ1n) is 6.73. The largest absolute Gasteiger partial charge is 0.496 e. The molecular weight excluding hydrogens is 290 g/mol. The van der Waals surface area contributed by atoms with Crippen LogP contribution in [-0.4, -0.2) is 19.7 Å². The first kappa shape index (κ1) is 15.5. The molecule has 0 radical (unpaired) electrons. The molecule has 1 N–H and O–H groups in total. The van der Waals surface area contributed by atoms with Crippen molar-refractivity contribution in [3.63, 3.8) is 0 Å². The molecule has 0 aliphatic heterocycles. The zero-order valence-corrected chi connectivity index (χ0v) is 13.2. The summed E-state index contributed by atoms with van der Waals surface area (Å²) in [6.45, 7) is 5.57. The van der Waals surface area contributed by atoms with E-state index in [0.717, 1.165) is 23.2 Å². The van der Waals surface area contributed by atoms with Crippen LogP contribution in [-0.2, 0) is 6.42 Å². The van der Waals surface area contributed by atoms with E-state index in [2.05, 4.69) is 41.2 Å². The fraction of sp³-hybridized carbons (Fsp3) is 0.600. The lowest BCUT2D eigenvalue weighted by Crippen LogP contribution is -2.26. The van der Waals surface area contributed by atoms with E-state index < -0.39 is 0 Å².